The zero-order chi connectivity index (χ0) is 8.20. The number of rotatable bonds is 4. The first kappa shape index (κ1) is 9.70. The maximum Gasteiger partial charge on any atom is 0.101 e. The predicted octanol–water partition coefficient (Wildman–Crippen LogP) is 2.40. The molecule has 0 amide bonds. The number of unbranched alkanes of at least 4 members (excludes halogenated alkanes) is 1. The van der Waals surface area contributed by atoms with E-state index in [9.17, 15) is 0 Å². The second-order valence-electron chi connectivity index (χ2n) is 3.68. The van der Waals surface area contributed by atoms with Gasteiger partial charge in [-0.25, -0.2) is 0 Å². The van der Waals surface area contributed by atoms with Gasteiger partial charge < -0.3 is 4.48 Å². The Hall–Kier alpha value is -0.300. The molecule has 0 rings (SSSR count). The van der Waals surface area contributed by atoms with E-state index in [4.69, 9.17) is 0 Å². The van der Waals surface area contributed by atoms with Gasteiger partial charge in [0.2, 0.25) is 0 Å². The Morgan fingerprint density at radius 3 is 2.10 bits per heavy atom. The first-order valence-corrected chi connectivity index (χ1v) is 3.98. The Labute approximate surface area is 64.9 Å². The molecule has 0 saturated carbocycles. The number of hydrogen-bond donors (Lipinski definition) is 0. The van der Waals surface area contributed by atoms with Crippen molar-refractivity contribution in [2.24, 2.45) is 0 Å². The highest BCUT2D eigenvalue weighted by atomic mass is 15.3. The van der Waals surface area contributed by atoms with Crippen LogP contribution in [0.5, 0.6) is 0 Å². The van der Waals surface area contributed by atoms with Crippen LogP contribution in [0.4, 0.5) is 0 Å². The minimum atomic E-state index is 0.903. The summed E-state index contributed by atoms with van der Waals surface area (Å²) in [5.41, 5.74) is 1.32. The van der Waals surface area contributed by atoms with E-state index in [1.54, 1.807) is 0 Å². The van der Waals surface area contributed by atoms with Crippen LogP contribution in [0.2, 0.25) is 0 Å². The van der Waals surface area contributed by atoms with E-state index < -0.39 is 0 Å². The molecule has 0 radical (unpaired) electrons. The predicted molar refractivity (Wildman–Crippen MR) is 46.7 cm³/mol. The van der Waals surface area contributed by atoms with Crippen molar-refractivity contribution in [2.75, 3.05) is 21.1 Å². The Morgan fingerprint density at radius 1 is 1.30 bits per heavy atom. The fourth-order valence-electron chi connectivity index (χ4n) is 0.716. The third kappa shape index (κ3) is 3.67. The summed E-state index contributed by atoms with van der Waals surface area (Å²) in [5.74, 6) is 0. The van der Waals surface area contributed by atoms with Gasteiger partial charge in [0, 0.05) is 6.42 Å². The Morgan fingerprint density at radius 2 is 1.80 bits per heavy atom. The summed E-state index contributed by atoms with van der Waals surface area (Å²) in [7, 11) is 6.49. The van der Waals surface area contributed by atoms with E-state index in [0.29, 0.717) is 0 Å². The first-order valence-electron chi connectivity index (χ1n) is 3.98. The highest BCUT2D eigenvalue weighted by Gasteiger charge is 2.11. The molecule has 0 aliphatic carbocycles. The standard InChI is InChI=1S/C9H20N/c1-6-7-8-9(2)10(3,4)5/h2,6-8H2,1,3-5H3/q+1. The fourth-order valence-corrected chi connectivity index (χ4v) is 0.716. The SMILES string of the molecule is C=C(CCCC)[N+](C)(C)C. The molecule has 0 fully saturated rings. The summed E-state index contributed by atoms with van der Waals surface area (Å²) in [5, 5.41) is 0. The van der Waals surface area contributed by atoms with Crippen molar-refractivity contribution < 1.29 is 4.48 Å². The molecular formula is C9H20N+. The number of nitrogens with zero attached hydrogens (tertiary/aromatic N) is 1. The molecule has 0 aliphatic rings. The first-order chi connectivity index (χ1) is 4.48. The van der Waals surface area contributed by atoms with Gasteiger partial charge in [-0.05, 0) is 13.0 Å². The van der Waals surface area contributed by atoms with Crippen LogP contribution in [0.3, 0.4) is 0 Å². The lowest BCUT2D eigenvalue weighted by molar-refractivity contribution is -0.832. The van der Waals surface area contributed by atoms with Gasteiger partial charge in [0.05, 0.1) is 21.1 Å². The molecule has 0 heterocycles. The molecule has 0 saturated heterocycles. The van der Waals surface area contributed by atoms with Crippen LogP contribution in [0.1, 0.15) is 26.2 Å². The number of quaternary nitrogens is 1. The van der Waals surface area contributed by atoms with Crippen LogP contribution in [0.15, 0.2) is 12.3 Å². The van der Waals surface area contributed by atoms with Crippen LogP contribution in [0.25, 0.3) is 0 Å². The summed E-state index contributed by atoms with van der Waals surface area (Å²) in [4.78, 5) is 0. The summed E-state index contributed by atoms with van der Waals surface area (Å²) < 4.78 is 0.903. The third-order valence-electron chi connectivity index (χ3n) is 1.77. The van der Waals surface area contributed by atoms with E-state index >= 15 is 0 Å². The molecule has 0 atom stereocenters. The summed E-state index contributed by atoms with van der Waals surface area (Å²) in [6.45, 7) is 6.25. The Kier molecular flexibility index (Phi) is 3.66. The summed E-state index contributed by atoms with van der Waals surface area (Å²) in [6, 6.07) is 0. The minimum Gasteiger partial charge on any atom is -0.302 e. The molecule has 10 heavy (non-hydrogen) atoms. The largest absolute Gasteiger partial charge is 0.302 e. The van der Waals surface area contributed by atoms with E-state index in [2.05, 4.69) is 34.6 Å². The minimum absolute atomic E-state index is 0.903. The maximum absolute atomic E-state index is 4.04. The van der Waals surface area contributed by atoms with Crippen LogP contribution in [0, 0.1) is 0 Å². The molecule has 0 aliphatic heterocycles. The smallest absolute Gasteiger partial charge is 0.101 e. The van der Waals surface area contributed by atoms with Crippen molar-refractivity contribution in [3.8, 4) is 0 Å². The Bertz CT molecular complexity index is 108. The molecule has 60 valence electrons. The topological polar surface area (TPSA) is 0 Å². The van der Waals surface area contributed by atoms with Crippen molar-refractivity contribution >= 4 is 0 Å². The average Bonchev–Trinajstić information content (AvgIpc) is 1.80. The van der Waals surface area contributed by atoms with Crippen molar-refractivity contribution in [3.05, 3.63) is 12.3 Å². The molecule has 0 aromatic rings. The van der Waals surface area contributed by atoms with Crippen LogP contribution in [-0.4, -0.2) is 25.6 Å². The van der Waals surface area contributed by atoms with Gasteiger partial charge in [0.15, 0.2) is 0 Å². The average molecular weight is 142 g/mol. The summed E-state index contributed by atoms with van der Waals surface area (Å²) >= 11 is 0. The highest BCUT2D eigenvalue weighted by molar-refractivity contribution is 4.81. The van der Waals surface area contributed by atoms with Crippen LogP contribution in [-0.2, 0) is 0 Å². The molecular weight excluding hydrogens is 122 g/mol. The van der Waals surface area contributed by atoms with Gasteiger partial charge in [0.25, 0.3) is 0 Å². The van der Waals surface area contributed by atoms with Gasteiger partial charge >= 0.3 is 0 Å². The molecule has 0 aromatic carbocycles. The van der Waals surface area contributed by atoms with Crippen molar-refractivity contribution in [2.45, 2.75) is 26.2 Å². The molecule has 0 spiro atoms. The quantitative estimate of drug-likeness (QED) is 0.529. The second kappa shape index (κ2) is 3.77. The fraction of sp³-hybridized carbons (Fsp3) is 0.778. The van der Waals surface area contributed by atoms with Crippen LogP contribution >= 0.6 is 0 Å². The lowest BCUT2D eigenvalue weighted by atomic mass is 10.2. The number of hydrogen-bond acceptors (Lipinski definition) is 0. The normalized spacial score (nSPS) is 11.6. The van der Waals surface area contributed by atoms with E-state index in [1.165, 1.54) is 25.0 Å². The Balaban J connectivity index is 3.64. The zero-order valence-electron chi connectivity index (χ0n) is 7.78. The highest BCUT2D eigenvalue weighted by Crippen LogP contribution is 2.12. The zero-order valence-corrected chi connectivity index (χ0v) is 7.78. The third-order valence-corrected chi connectivity index (χ3v) is 1.77. The van der Waals surface area contributed by atoms with Crippen molar-refractivity contribution in [1.82, 2.24) is 0 Å². The van der Waals surface area contributed by atoms with E-state index in [0.717, 1.165) is 4.48 Å². The summed E-state index contributed by atoms with van der Waals surface area (Å²) in [6.07, 6.45) is 3.70. The molecule has 0 bridgehead atoms. The van der Waals surface area contributed by atoms with Crippen molar-refractivity contribution in [3.63, 3.8) is 0 Å². The van der Waals surface area contributed by atoms with Gasteiger partial charge in [-0.15, -0.1) is 0 Å². The van der Waals surface area contributed by atoms with Gasteiger partial charge in [-0.1, -0.05) is 13.3 Å². The van der Waals surface area contributed by atoms with E-state index in [1.807, 2.05) is 0 Å². The lowest BCUT2D eigenvalue weighted by Gasteiger charge is -2.25. The van der Waals surface area contributed by atoms with Gasteiger partial charge in [0.1, 0.15) is 5.70 Å². The van der Waals surface area contributed by atoms with Crippen LogP contribution < -0.4 is 0 Å². The maximum atomic E-state index is 4.04. The molecule has 1 heteroatoms. The monoisotopic (exact) mass is 142 g/mol. The van der Waals surface area contributed by atoms with Gasteiger partial charge in [-0.3, -0.25) is 0 Å². The molecule has 0 aromatic heterocycles. The van der Waals surface area contributed by atoms with E-state index in [-0.39, 0.29) is 0 Å². The lowest BCUT2D eigenvalue weighted by Crippen LogP contribution is -2.32. The molecule has 1 nitrogen and oxygen atoms in total. The second-order valence-corrected chi connectivity index (χ2v) is 3.68. The van der Waals surface area contributed by atoms with Crippen molar-refractivity contribution in [1.29, 1.82) is 0 Å². The number of allylic oxidation sites excluding steroid dienone is 1. The molecule has 0 N–H and O–H groups in total. The molecule has 0 unspecified atom stereocenters. The van der Waals surface area contributed by atoms with Gasteiger partial charge in [-0.2, -0.15) is 0 Å².